The summed E-state index contributed by atoms with van der Waals surface area (Å²) in [6, 6.07) is 8.13. The number of benzene rings is 1. The molecule has 1 heterocycles. The average molecular weight is 329 g/mol. The van der Waals surface area contributed by atoms with Gasteiger partial charge in [-0.1, -0.05) is 33.6 Å². The van der Waals surface area contributed by atoms with Crippen LogP contribution in [0.2, 0.25) is 5.02 Å². The van der Waals surface area contributed by atoms with E-state index in [0.717, 1.165) is 20.9 Å². The molecule has 0 radical (unpaired) electrons. The summed E-state index contributed by atoms with van der Waals surface area (Å²) in [6.45, 7) is 4.92. The molecule has 0 spiro atoms. The second kappa shape index (κ2) is 5.76. The molecule has 1 aromatic heterocycles. The van der Waals surface area contributed by atoms with E-state index in [1.807, 2.05) is 35.1 Å². The molecule has 96 valence electrons. The molecule has 5 heteroatoms. The van der Waals surface area contributed by atoms with Gasteiger partial charge in [-0.15, -0.1) is 0 Å². The van der Waals surface area contributed by atoms with E-state index < -0.39 is 0 Å². The lowest BCUT2D eigenvalue weighted by molar-refractivity contribution is 0.534. The van der Waals surface area contributed by atoms with Crippen LogP contribution in [-0.2, 0) is 6.54 Å². The Labute approximate surface area is 120 Å². The topological polar surface area (TPSA) is 29.9 Å². The SMILES string of the molecule is CC(C)n1ccc(NCc2ccc(Cl)cc2Br)n1. The number of nitrogens with one attached hydrogen (secondary N) is 1. The predicted octanol–water partition coefficient (Wildman–Crippen LogP) is 4.49. The molecule has 0 atom stereocenters. The summed E-state index contributed by atoms with van der Waals surface area (Å²) in [5.41, 5.74) is 1.15. The van der Waals surface area contributed by atoms with Crippen LogP contribution in [0.1, 0.15) is 25.5 Å². The van der Waals surface area contributed by atoms with Crippen molar-refractivity contribution < 1.29 is 0 Å². The van der Waals surface area contributed by atoms with Crippen LogP contribution in [0.15, 0.2) is 34.9 Å². The minimum absolute atomic E-state index is 0.378. The minimum atomic E-state index is 0.378. The van der Waals surface area contributed by atoms with Crippen molar-refractivity contribution in [2.45, 2.75) is 26.4 Å². The van der Waals surface area contributed by atoms with E-state index in [-0.39, 0.29) is 0 Å². The molecule has 1 aromatic carbocycles. The van der Waals surface area contributed by atoms with Gasteiger partial charge in [0.1, 0.15) is 5.82 Å². The molecule has 0 aliphatic heterocycles. The summed E-state index contributed by atoms with van der Waals surface area (Å²) in [7, 11) is 0. The normalized spacial score (nSPS) is 10.9. The monoisotopic (exact) mass is 327 g/mol. The molecular weight excluding hydrogens is 314 g/mol. The maximum Gasteiger partial charge on any atom is 0.148 e. The van der Waals surface area contributed by atoms with Gasteiger partial charge in [0.25, 0.3) is 0 Å². The molecule has 2 rings (SSSR count). The molecule has 0 bridgehead atoms. The van der Waals surface area contributed by atoms with E-state index in [4.69, 9.17) is 11.6 Å². The molecule has 0 unspecified atom stereocenters. The van der Waals surface area contributed by atoms with Crippen molar-refractivity contribution in [1.29, 1.82) is 0 Å². The molecule has 0 fully saturated rings. The van der Waals surface area contributed by atoms with E-state index >= 15 is 0 Å². The lowest BCUT2D eigenvalue weighted by atomic mass is 10.2. The number of hydrogen-bond acceptors (Lipinski definition) is 2. The number of halogens is 2. The highest BCUT2D eigenvalue weighted by Gasteiger charge is 2.04. The maximum absolute atomic E-state index is 5.91. The average Bonchev–Trinajstić information content (AvgIpc) is 2.76. The highest BCUT2D eigenvalue weighted by molar-refractivity contribution is 9.10. The number of aromatic nitrogens is 2. The first-order valence-corrected chi connectivity index (χ1v) is 6.96. The smallest absolute Gasteiger partial charge is 0.148 e. The van der Waals surface area contributed by atoms with Crippen molar-refractivity contribution in [2.75, 3.05) is 5.32 Å². The quantitative estimate of drug-likeness (QED) is 0.896. The van der Waals surface area contributed by atoms with E-state index in [0.29, 0.717) is 12.6 Å². The maximum atomic E-state index is 5.91. The van der Waals surface area contributed by atoms with E-state index in [1.54, 1.807) is 0 Å². The molecule has 0 saturated heterocycles. The first kappa shape index (κ1) is 13.4. The Hall–Kier alpha value is -1.000. The second-order valence-corrected chi connectivity index (χ2v) is 5.65. The third-order valence-corrected chi connectivity index (χ3v) is 3.59. The Morgan fingerprint density at radius 2 is 2.17 bits per heavy atom. The van der Waals surface area contributed by atoms with Gasteiger partial charge in [-0.3, -0.25) is 4.68 Å². The summed E-state index contributed by atoms with van der Waals surface area (Å²) in [5, 5.41) is 8.46. The van der Waals surface area contributed by atoms with Gasteiger partial charge in [0, 0.05) is 34.3 Å². The lowest BCUT2D eigenvalue weighted by Gasteiger charge is -2.07. The fourth-order valence-electron chi connectivity index (χ4n) is 1.57. The zero-order chi connectivity index (χ0) is 13.1. The number of anilines is 1. The van der Waals surface area contributed by atoms with Crippen LogP contribution in [0.25, 0.3) is 0 Å². The molecule has 0 saturated carbocycles. The van der Waals surface area contributed by atoms with Crippen molar-refractivity contribution in [3.8, 4) is 0 Å². The summed E-state index contributed by atoms with van der Waals surface area (Å²) in [4.78, 5) is 0. The number of hydrogen-bond donors (Lipinski definition) is 1. The molecule has 0 aliphatic rings. The van der Waals surface area contributed by atoms with Crippen LogP contribution in [0, 0.1) is 0 Å². The Morgan fingerprint density at radius 3 is 2.78 bits per heavy atom. The number of rotatable bonds is 4. The predicted molar refractivity (Wildman–Crippen MR) is 79.1 cm³/mol. The van der Waals surface area contributed by atoms with Crippen LogP contribution in [0.3, 0.4) is 0 Å². The molecule has 0 amide bonds. The minimum Gasteiger partial charge on any atom is -0.364 e. The highest BCUT2D eigenvalue weighted by Crippen LogP contribution is 2.22. The summed E-state index contributed by atoms with van der Waals surface area (Å²) in [5.74, 6) is 0.880. The molecule has 0 aliphatic carbocycles. The van der Waals surface area contributed by atoms with Crippen molar-refractivity contribution in [3.63, 3.8) is 0 Å². The molecular formula is C13H15BrClN3. The van der Waals surface area contributed by atoms with Gasteiger partial charge in [-0.05, 0) is 31.5 Å². The van der Waals surface area contributed by atoms with Crippen molar-refractivity contribution in [3.05, 3.63) is 45.5 Å². The van der Waals surface area contributed by atoms with E-state index in [9.17, 15) is 0 Å². The lowest BCUT2D eigenvalue weighted by Crippen LogP contribution is -2.04. The van der Waals surface area contributed by atoms with Gasteiger partial charge >= 0.3 is 0 Å². The third-order valence-electron chi connectivity index (χ3n) is 2.61. The van der Waals surface area contributed by atoms with Crippen molar-refractivity contribution in [2.24, 2.45) is 0 Å². The zero-order valence-corrected chi connectivity index (χ0v) is 12.7. The fraction of sp³-hybridized carbons (Fsp3) is 0.308. The van der Waals surface area contributed by atoms with Crippen molar-refractivity contribution in [1.82, 2.24) is 9.78 Å². The van der Waals surface area contributed by atoms with E-state index in [2.05, 4.69) is 40.2 Å². The molecule has 1 N–H and O–H groups in total. The van der Waals surface area contributed by atoms with Crippen LogP contribution in [-0.4, -0.2) is 9.78 Å². The standard InChI is InChI=1S/C13H15BrClN3/c1-9(2)18-6-5-13(17-18)16-8-10-3-4-11(15)7-12(10)14/h3-7,9H,8H2,1-2H3,(H,16,17). The second-order valence-electron chi connectivity index (χ2n) is 4.36. The Kier molecular flexibility index (Phi) is 4.30. The summed E-state index contributed by atoms with van der Waals surface area (Å²) >= 11 is 9.41. The van der Waals surface area contributed by atoms with Gasteiger partial charge < -0.3 is 5.32 Å². The fourth-order valence-corrected chi connectivity index (χ4v) is 2.39. The van der Waals surface area contributed by atoms with Gasteiger partial charge in [0.15, 0.2) is 0 Å². The van der Waals surface area contributed by atoms with Crippen LogP contribution in [0.5, 0.6) is 0 Å². The molecule has 3 nitrogen and oxygen atoms in total. The van der Waals surface area contributed by atoms with Crippen molar-refractivity contribution >= 4 is 33.3 Å². The summed E-state index contributed by atoms with van der Waals surface area (Å²) in [6.07, 6.45) is 1.98. The third kappa shape index (κ3) is 3.27. The Morgan fingerprint density at radius 1 is 1.39 bits per heavy atom. The van der Waals surface area contributed by atoms with E-state index in [1.165, 1.54) is 0 Å². The Balaban J connectivity index is 2.02. The Bertz CT molecular complexity index is 537. The van der Waals surface area contributed by atoms with Crippen LogP contribution in [0.4, 0.5) is 5.82 Å². The van der Waals surface area contributed by atoms with Gasteiger partial charge in [0.2, 0.25) is 0 Å². The van der Waals surface area contributed by atoms with Gasteiger partial charge in [-0.2, -0.15) is 5.10 Å². The zero-order valence-electron chi connectivity index (χ0n) is 10.3. The van der Waals surface area contributed by atoms with Crippen LogP contribution < -0.4 is 5.32 Å². The molecule has 2 aromatic rings. The van der Waals surface area contributed by atoms with Gasteiger partial charge in [0.05, 0.1) is 0 Å². The van der Waals surface area contributed by atoms with Crippen LogP contribution >= 0.6 is 27.5 Å². The highest BCUT2D eigenvalue weighted by atomic mass is 79.9. The number of nitrogens with zero attached hydrogens (tertiary/aromatic N) is 2. The first-order valence-electron chi connectivity index (χ1n) is 5.79. The first-order chi connectivity index (χ1) is 8.56. The molecule has 18 heavy (non-hydrogen) atoms. The largest absolute Gasteiger partial charge is 0.364 e. The van der Waals surface area contributed by atoms with Gasteiger partial charge in [-0.25, -0.2) is 0 Å². The summed E-state index contributed by atoms with van der Waals surface area (Å²) < 4.78 is 2.94.